The topological polar surface area (TPSA) is 13.1 Å². The van der Waals surface area contributed by atoms with Crippen molar-refractivity contribution >= 4 is 43.1 Å². The minimum atomic E-state index is 0.103. The Bertz CT molecular complexity index is 2050. The number of rotatable bonds is 2. The van der Waals surface area contributed by atoms with Gasteiger partial charge in [0, 0.05) is 17.0 Å². The second-order valence-electron chi connectivity index (χ2n) is 14.6. The fourth-order valence-electron chi connectivity index (χ4n) is 6.99. The van der Waals surface area contributed by atoms with Crippen molar-refractivity contribution in [3.05, 3.63) is 89.6 Å². The summed E-state index contributed by atoms with van der Waals surface area (Å²) in [6.45, 7) is 16.2. The second kappa shape index (κ2) is 8.79. The molecule has 0 saturated heterocycles. The zero-order chi connectivity index (χ0) is 28.8. The average Bonchev–Trinajstić information content (AvgIpc) is 2.90. The second-order valence-corrected chi connectivity index (χ2v) is 14.6. The number of ether oxygens (including phenoxy) is 1. The predicted molar refractivity (Wildman–Crippen MR) is 174 cm³/mol. The third-order valence-electron chi connectivity index (χ3n) is 8.65. The van der Waals surface area contributed by atoms with E-state index in [0.29, 0.717) is 0 Å². The lowest BCUT2D eigenvalue weighted by molar-refractivity contribution is -0.659. The van der Waals surface area contributed by atoms with Gasteiger partial charge in [-0.25, -0.2) is 4.57 Å². The fraction of sp³-hybridized carbons (Fsp3) is 0.308. The van der Waals surface area contributed by atoms with Crippen molar-refractivity contribution in [3.8, 4) is 22.8 Å². The molecule has 5 aromatic carbocycles. The maximum absolute atomic E-state index is 7.09. The first-order valence-corrected chi connectivity index (χ1v) is 14.9. The van der Waals surface area contributed by atoms with Crippen molar-refractivity contribution in [2.24, 2.45) is 17.9 Å². The number of hydrogen-bond acceptors (Lipinski definition) is 1. The molecule has 2 heteroatoms. The zero-order valence-electron chi connectivity index (χ0n) is 25.7. The summed E-state index contributed by atoms with van der Waals surface area (Å²) >= 11 is 0. The summed E-state index contributed by atoms with van der Waals surface area (Å²) in [5, 5.41) is 10.2. The largest absolute Gasteiger partial charge is 0.455 e. The molecule has 7 rings (SSSR count). The van der Waals surface area contributed by atoms with E-state index in [-0.39, 0.29) is 10.8 Å². The SMILES string of the molecule is Cc1c2c(c(CC(C)(C)C)c3cc4ccccc4cc13)Oc1cc3ccc(CC(C)(C)C)cc3c3cc[n+](C)c-2c13. The molecule has 2 nitrogen and oxygen atoms in total. The molecule has 0 aliphatic carbocycles. The number of fused-ring (bicyclic) bond motifs is 6. The van der Waals surface area contributed by atoms with E-state index in [1.54, 1.807) is 0 Å². The lowest BCUT2D eigenvalue weighted by atomic mass is 9.81. The number of pyridine rings is 1. The quantitative estimate of drug-likeness (QED) is 0.121. The van der Waals surface area contributed by atoms with Crippen LogP contribution in [0.1, 0.15) is 58.2 Å². The van der Waals surface area contributed by atoms with E-state index in [9.17, 15) is 0 Å². The van der Waals surface area contributed by atoms with E-state index in [1.165, 1.54) is 71.0 Å². The summed E-state index contributed by atoms with van der Waals surface area (Å²) in [6, 6.07) is 25.0. The number of aryl methyl sites for hydroxylation is 2. The van der Waals surface area contributed by atoms with Gasteiger partial charge in [-0.2, -0.15) is 0 Å². The number of aromatic nitrogens is 1. The van der Waals surface area contributed by atoms with Gasteiger partial charge < -0.3 is 4.74 Å². The van der Waals surface area contributed by atoms with E-state index >= 15 is 0 Å². The Kier molecular flexibility index (Phi) is 5.58. The molecule has 1 aromatic heterocycles. The van der Waals surface area contributed by atoms with Gasteiger partial charge in [0.05, 0.1) is 10.9 Å². The number of hydrogen-bond donors (Lipinski definition) is 0. The molecular formula is C39H40NO+. The van der Waals surface area contributed by atoms with Gasteiger partial charge >= 0.3 is 0 Å². The molecule has 0 saturated carbocycles. The summed E-state index contributed by atoms with van der Waals surface area (Å²) < 4.78 is 9.39. The predicted octanol–water partition coefficient (Wildman–Crippen LogP) is 10.4. The van der Waals surface area contributed by atoms with E-state index in [4.69, 9.17) is 4.74 Å². The van der Waals surface area contributed by atoms with Crippen molar-refractivity contribution in [1.82, 2.24) is 0 Å². The van der Waals surface area contributed by atoms with Crippen LogP contribution in [0.3, 0.4) is 0 Å². The summed E-state index contributed by atoms with van der Waals surface area (Å²) in [6.07, 6.45) is 4.22. The highest BCUT2D eigenvalue weighted by atomic mass is 16.5. The van der Waals surface area contributed by atoms with Gasteiger partial charge in [0.2, 0.25) is 5.69 Å². The number of benzene rings is 5. The summed E-state index contributed by atoms with van der Waals surface area (Å²) in [7, 11) is 2.18. The standard InChI is InChI=1S/C39H40NO/c1-23-29-18-25-11-9-10-12-26(25)19-31(29)32(22-39(5,6)7)37-34(23)36-35-28(15-16-40(36)8)30-17-24(21-38(2,3)4)13-14-27(30)20-33(35)41-37/h9-20H,21-22H2,1-8H3/q+1. The molecule has 0 bridgehead atoms. The van der Waals surface area contributed by atoms with Gasteiger partial charge in [0.25, 0.3) is 0 Å². The monoisotopic (exact) mass is 538 g/mol. The van der Waals surface area contributed by atoms with Crippen LogP contribution in [0.2, 0.25) is 0 Å². The van der Waals surface area contributed by atoms with Crippen molar-refractivity contribution in [3.63, 3.8) is 0 Å². The van der Waals surface area contributed by atoms with Gasteiger partial charge in [-0.3, -0.25) is 0 Å². The van der Waals surface area contributed by atoms with Crippen molar-refractivity contribution in [2.75, 3.05) is 0 Å². The molecule has 1 aliphatic rings. The molecular weight excluding hydrogens is 498 g/mol. The third-order valence-corrected chi connectivity index (χ3v) is 8.65. The average molecular weight is 539 g/mol. The van der Waals surface area contributed by atoms with Gasteiger partial charge in [-0.15, -0.1) is 0 Å². The summed E-state index contributed by atoms with van der Waals surface area (Å²) in [4.78, 5) is 0. The molecule has 0 spiro atoms. The Hall–Kier alpha value is -3.91. The normalized spacial score (nSPS) is 13.3. The first-order chi connectivity index (χ1) is 19.4. The summed E-state index contributed by atoms with van der Waals surface area (Å²) in [5.41, 5.74) is 6.80. The van der Waals surface area contributed by atoms with Gasteiger partial charge in [0.1, 0.15) is 18.5 Å². The molecule has 41 heavy (non-hydrogen) atoms. The maximum atomic E-state index is 7.09. The Morgan fingerprint density at radius 2 is 1.37 bits per heavy atom. The van der Waals surface area contributed by atoms with Crippen LogP contribution >= 0.6 is 0 Å². The molecule has 0 fully saturated rings. The molecule has 0 radical (unpaired) electrons. The fourth-order valence-corrected chi connectivity index (χ4v) is 6.99. The van der Waals surface area contributed by atoms with Crippen LogP contribution in [0.5, 0.6) is 11.5 Å². The Morgan fingerprint density at radius 3 is 2.05 bits per heavy atom. The van der Waals surface area contributed by atoms with Gasteiger partial charge in [-0.1, -0.05) is 84.0 Å². The van der Waals surface area contributed by atoms with Crippen molar-refractivity contribution in [2.45, 2.75) is 61.3 Å². The molecule has 0 unspecified atom stereocenters. The Morgan fingerprint density at radius 1 is 0.683 bits per heavy atom. The van der Waals surface area contributed by atoms with Gasteiger partial charge in [-0.05, 0) is 92.2 Å². The molecule has 206 valence electrons. The van der Waals surface area contributed by atoms with Gasteiger partial charge in [0.15, 0.2) is 6.20 Å². The van der Waals surface area contributed by atoms with Crippen LogP contribution in [-0.2, 0) is 19.9 Å². The minimum Gasteiger partial charge on any atom is -0.455 e. The zero-order valence-corrected chi connectivity index (χ0v) is 25.7. The van der Waals surface area contributed by atoms with Crippen molar-refractivity contribution in [1.29, 1.82) is 0 Å². The van der Waals surface area contributed by atoms with E-state index in [1.807, 2.05) is 0 Å². The lowest BCUT2D eigenvalue weighted by Gasteiger charge is -2.28. The highest BCUT2D eigenvalue weighted by molar-refractivity contribution is 6.17. The van der Waals surface area contributed by atoms with Crippen LogP contribution in [0, 0.1) is 17.8 Å². The Balaban J connectivity index is 1.60. The Labute approximate surface area is 243 Å². The lowest BCUT2D eigenvalue weighted by Crippen LogP contribution is -2.32. The van der Waals surface area contributed by atoms with Crippen LogP contribution in [0.25, 0.3) is 54.3 Å². The van der Waals surface area contributed by atoms with E-state index in [0.717, 1.165) is 24.3 Å². The van der Waals surface area contributed by atoms with E-state index in [2.05, 4.69) is 133 Å². The number of nitrogens with zero attached hydrogens (tertiary/aromatic N) is 1. The van der Waals surface area contributed by atoms with E-state index < -0.39 is 0 Å². The minimum absolute atomic E-state index is 0.103. The van der Waals surface area contributed by atoms with Crippen LogP contribution in [0.4, 0.5) is 0 Å². The smallest absolute Gasteiger partial charge is 0.228 e. The molecule has 6 aromatic rings. The first kappa shape index (κ1) is 26.0. The van der Waals surface area contributed by atoms with Crippen LogP contribution < -0.4 is 9.30 Å². The molecule has 1 aliphatic heterocycles. The highest BCUT2D eigenvalue weighted by Gasteiger charge is 2.34. The first-order valence-electron chi connectivity index (χ1n) is 14.9. The van der Waals surface area contributed by atoms with Crippen molar-refractivity contribution < 1.29 is 9.30 Å². The molecule has 2 heterocycles. The van der Waals surface area contributed by atoms with Crippen LogP contribution in [0.15, 0.2) is 72.9 Å². The molecule has 0 atom stereocenters. The highest BCUT2D eigenvalue weighted by Crippen LogP contribution is 2.53. The van der Waals surface area contributed by atoms with Crippen LogP contribution in [-0.4, -0.2) is 0 Å². The molecule has 0 amide bonds. The maximum Gasteiger partial charge on any atom is 0.228 e. The third kappa shape index (κ3) is 4.27. The molecule has 0 N–H and O–H groups in total. The summed E-state index contributed by atoms with van der Waals surface area (Å²) in [5.74, 6) is 1.99.